The molecular formula is C22H38NO2. The van der Waals surface area contributed by atoms with Gasteiger partial charge < -0.3 is 0 Å². The summed E-state index contributed by atoms with van der Waals surface area (Å²) in [5.41, 5.74) is 0. The summed E-state index contributed by atoms with van der Waals surface area (Å²) in [6.07, 6.45) is 24.4. The molecule has 1 rings (SSSR count). The summed E-state index contributed by atoms with van der Waals surface area (Å²) in [6, 6.07) is 0. The SMILES string of the molecule is CCCCCCCCCCCCCCCC/C=C/C1CC(=O)[N]C1=O. The van der Waals surface area contributed by atoms with E-state index in [4.69, 9.17) is 0 Å². The van der Waals surface area contributed by atoms with Gasteiger partial charge in [0.1, 0.15) is 0 Å². The molecule has 1 fully saturated rings. The van der Waals surface area contributed by atoms with Gasteiger partial charge >= 0.3 is 0 Å². The van der Waals surface area contributed by atoms with Gasteiger partial charge in [-0.15, -0.1) is 0 Å². The number of rotatable bonds is 16. The molecule has 0 N–H and O–H groups in total. The van der Waals surface area contributed by atoms with E-state index in [1.54, 1.807) is 0 Å². The van der Waals surface area contributed by atoms with E-state index < -0.39 is 0 Å². The smallest absolute Gasteiger partial charge is 0.256 e. The molecule has 0 aromatic heterocycles. The van der Waals surface area contributed by atoms with Crippen molar-refractivity contribution in [3.05, 3.63) is 12.2 Å². The highest BCUT2D eigenvalue weighted by Crippen LogP contribution is 2.15. The van der Waals surface area contributed by atoms with Crippen LogP contribution >= 0.6 is 0 Å². The lowest BCUT2D eigenvalue weighted by Gasteiger charge is -2.03. The van der Waals surface area contributed by atoms with Crippen LogP contribution in [0.5, 0.6) is 0 Å². The maximum absolute atomic E-state index is 11.3. The second kappa shape index (κ2) is 15.2. The fraction of sp³-hybridized carbons (Fsp3) is 0.818. The summed E-state index contributed by atoms with van der Waals surface area (Å²) < 4.78 is 0. The largest absolute Gasteiger partial charge is 0.272 e. The van der Waals surface area contributed by atoms with Crippen molar-refractivity contribution in [2.24, 2.45) is 5.92 Å². The van der Waals surface area contributed by atoms with Gasteiger partial charge in [-0.3, -0.25) is 9.59 Å². The average molecular weight is 349 g/mol. The van der Waals surface area contributed by atoms with Crippen LogP contribution in [0.2, 0.25) is 0 Å². The van der Waals surface area contributed by atoms with Crippen LogP contribution in [0.25, 0.3) is 0 Å². The second-order valence-corrected chi connectivity index (χ2v) is 7.47. The molecule has 0 saturated carbocycles. The lowest BCUT2D eigenvalue weighted by atomic mass is 10.0. The van der Waals surface area contributed by atoms with Gasteiger partial charge in [0, 0.05) is 6.42 Å². The number of hydrogen-bond donors (Lipinski definition) is 0. The minimum absolute atomic E-state index is 0.262. The molecule has 3 nitrogen and oxygen atoms in total. The zero-order valence-electron chi connectivity index (χ0n) is 16.3. The van der Waals surface area contributed by atoms with E-state index in [0.717, 1.165) is 6.42 Å². The molecule has 1 aliphatic heterocycles. The van der Waals surface area contributed by atoms with E-state index in [-0.39, 0.29) is 24.2 Å². The summed E-state index contributed by atoms with van der Waals surface area (Å²) in [5.74, 6) is -0.808. The van der Waals surface area contributed by atoms with Crippen LogP contribution in [0.4, 0.5) is 0 Å². The van der Waals surface area contributed by atoms with Crippen LogP contribution in [0, 0.1) is 5.92 Å². The van der Waals surface area contributed by atoms with E-state index >= 15 is 0 Å². The summed E-state index contributed by atoms with van der Waals surface area (Å²) >= 11 is 0. The lowest BCUT2D eigenvalue weighted by Crippen LogP contribution is -2.13. The van der Waals surface area contributed by atoms with Crippen LogP contribution < -0.4 is 5.32 Å². The third-order valence-electron chi connectivity index (χ3n) is 5.04. The standard InChI is InChI=1S/C22H38NO2/c1-2-3-4-5-6-7-8-9-10-11-12-13-14-15-16-17-18-20-19-21(24)23-22(20)25/h17-18,20H,2-16,19H2,1H3/b18-17+. The van der Waals surface area contributed by atoms with Gasteiger partial charge in [0.15, 0.2) is 0 Å². The van der Waals surface area contributed by atoms with Gasteiger partial charge in [-0.1, -0.05) is 103 Å². The summed E-state index contributed by atoms with van der Waals surface area (Å²) in [6.45, 7) is 2.27. The quantitative estimate of drug-likeness (QED) is 0.192. The van der Waals surface area contributed by atoms with Crippen LogP contribution in [-0.2, 0) is 9.59 Å². The number of carbonyl (C=O) groups is 2. The Morgan fingerprint density at radius 1 is 0.800 bits per heavy atom. The van der Waals surface area contributed by atoms with Crippen LogP contribution in [-0.4, -0.2) is 11.8 Å². The Kier molecular flexibility index (Phi) is 13.3. The second-order valence-electron chi connectivity index (χ2n) is 7.47. The highest BCUT2D eigenvalue weighted by Gasteiger charge is 2.30. The fourth-order valence-electron chi connectivity index (χ4n) is 3.39. The van der Waals surface area contributed by atoms with E-state index in [1.165, 1.54) is 89.9 Å². The van der Waals surface area contributed by atoms with Crippen molar-refractivity contribution in [1.82, 2.24) is 5.32 Å². The van der Waals surface area contributed by atoms with Crippen LogP contribution in [0.3, 0.4) is 0 Å². The first kappa shape index (κ1) is 21.9. The molecule has 143 valence electrons. The highest BCUT2D eigenvalue weighted by molar-refractivity contribution is 6.03. The van der Waals surface area contributed by atoms with Gasteiger partial charge in [-0.25, -0.2) is 0 Å². The molecule has 1 unspecified atom stereocenters. The van der Waals surface area contributed by atoms with Crippen molar-refractivity contribution in [3.8, 4) is 0 Å². The summed E-state index contributed by atoms with van der Waals surface area (Å²) in [7, 11) is 0. The molecule has 25 heavy (non-hydrogen) atoms. The molecule has 0 aliphatic carbocycles. The lowest BCUT2D eigenvalue weighted by molar-refractivity contribution is -0.125. The normalized spacial score (nSPS) is 17.6. The minimum atomic E-state index is -0.279. The van der Waals surface area contributed by atoms with Gasteiger partial charge in [-0.05, 0) is 12.8 Å². The van der Waals surface area contributed by atoms with Gasteiger partial charge in [0.2, 0.25) is 5.91 Å². The Labute approximate surface area is 155 Å². The van der Waals surface area contributed by atoms with Crippen LogP contribution in [0.15, 0.2) is 12.2 Å². The first-order valence-corrected chi connectivity index (χ1v) is 10.7. The molecule has 0 aromatic carbocycles. The van der Waals surface area contributed by atoms with E-state index in [9.17, 15) is 9.59 Å². The number of unbranched alkanes of at least 4 members (excludes halogenated alkanes) is 14. The Balaban J connectivity index is 1.77. The molecule has 3 heteroatoms. The first-order chi connectivity index (χ1) is 12.2. The van der Waals surface area contributed by atoms with Crippen molar-refractivity contribution in [3.63, 3.8) is 0 Å². The number of carbonyl (C=O) groups excluding carboxylic acids is 2. The average Bonchev–Trinajstić information content (AvgIpc) is 2.92. The maximum atomic E-state index is 11.3. The minimum Gasteiger partial charge on any atom is -0.272 e. The predicted molar refractivity (Wildman–Crippen MR) is 104 cm³/mol. The fourth-order valence-corrected chi connectivity index (χ4v) is 3.39. The van der Waals surface area contributed by atoms with Gasteiger partial charge in [-0.2, -0.15) is 5.32 Å². The molecule has 2 amide bonds. The van der Waals surface area contributed by atoms with Gasteiger partial charge in [0.05, 0.1) is 5.92 Å². The Hall–Kier alpha value is -1.12. The third kappa shape index (κ3) is 12.0. The van der Waals surface area contributed by atoms with Crippen molar-refractivity contribution in [1.29, 1.82) is 0 Å². The summed E-state index contributed by atoms with van der Waals surface area (Å²) in [4.78, 5) is 22.4. The zero-order chi connectivity index (χ0) is 18.2. The zero-order valence-corrected chi connectivity index (χ0v) is 16.3. The number of hydrogen-bond acceptors (Lipinski definition) is 2. The third-order valence-corrected chi connectivity index (χ3v) is 5.04. The number of amides is 2. The number of nitrogens with zero attached hydrogens (tertiary/aromatic N) is 1. The monoisotopic (exact) mass is 348 g/mol. The van der Waals surface area contributed by atoms with Crippen molar-refractivity contribution < 1.29 is 9.59 Å². The highest BCUT2D eigenvalue weighted by atomic mass is 16.2. The molecule has 1 atom stereocenters. The van der Waals surface area contributed by atoms with Crippen LogP contribution in [0.1, 0.15) is 110 Å². The number of imide groups is 1. The molecule has 1 heterocycles. The van der Waals surface area contributed by atoms with Crippen molar-refractivity contribution in [2.45, 2.75) is 110 Å². The van der Waals surface area contributed by atoms with E-state index in [0.29, 0.717) is 0 Å². The van der Waals surface area contributed by atoms with E-state index in [1.807, 2.05) is 6.08 Å². The Bertz CT molecular complexity index is 389. The summed E-state index contributed by atoms with van der Waals surface area (Å²) in [5, 5.41) is 3.43. The van der Waals surface area contributed by atoms with Crippen molar-refractivity contribution >= 4 is 11.8 Å². The molecule has 1 radical (unpaired) electrons. The Morgan fingerprint density at radius 2 is 1.28 bits per heavy atom. The van der Waals surface area contributed by atoms with Gasteiger partial charge in [0.25, 0.3) is 5.91 Å². The molecule has 0 aromatic rings. The topological polar surface area (TPSA) is 48.2 Å². The molecule has 0 spiro atoms. The molecule has 0 bridgehead atoms. The number of allylic oxidation sites excluding steroid dienone is 1. The molecule has 1 saturated heterocycles. The molecular weight excluding hydrogens is 310 g/mol. The van der Waals surface area contributed by atoms with E-state index in [2.05, 4.69) is 18.3 Å². The first-order valence-electron chi connectivity index (χ1n) is 10.7. The Morgan fingerprint density at radius 3 is 1.72 bits per heavy atom. The van der Waals surface area contributed by atoms with Crippen molar-refractivity contribution in [2.75, 3.05) is 0 Å². The maximum Gasteiger partial charge on any atom is 0.256 e. The predicted octanol–water partition coefficient (Wildman–Crippen LogP) is 6.09. The molecule has 1 aliphatic rings.